The predicted molar refractivity (Wildman–Crippen MR) is 110 cm³/mol. The van der Waals surface area contributed by atoms with Gasteiger partial charge in [0.1, 0.15) is 12.4 Å². The molecule has 0 radical (unpaired) electrons. The highest BCUT2D eigenvalue weighted by atomic mass is 16.7. The minimum Gasteiger partial charge on any atom is -0.490 e. The van der Waals surface area contributed by atoms with E-state index >= 15 is 0 Å². The van der Waals surface area contributed by atoms with Gasteiger partial charge in [0, 0.05) is 11.5 Å². The van der Waals surface area contributed by atoms with Crippen molar-refractivity contribution in [1.82, 2.24) is 0 Å². The molecule has 0 spiro atoms. The van der Waals surface area contributed by atoms with Gasteiger partial charge in [-0.05, 0) is 56.1 Å². The number of hydrogen-bond acceptors (Lipinski definition) is 3. The molecule has 2 fully saturated rings. The molecule has 3 nitrogen and oxygen atoms in total. The van der Waals surface area contributed by atoms with Gasteiger partial charge in [-0.25, -0.2) is 0 Å². The second-order valence-corrected chi connectivity index (χ2v) is 8.15. The zero-order valence-corrected chi connectivity index (χ0v) is 17.1. The van der Waals surface area contributed by atoms with E-state index < -0.39 is 0 Å². The van der Waals surface area contributed by atoms with Gasteiger partial charge in [-0.2, -0.15) is 0 Å². The molecule has 0 amide bonds. The first-order valence-corrected chi connectivity index (χ1v) is 10.9. The minimum atomic E-state index is -0.232. The monoisotopic (exact) mass is 372 g/mol. The normalized spacial score (nSPS) is 29.1. The molecule has 1 saturated heterocycles. The van der Waals surface area contributed by atoms with Crippen molar-refractivity contribution in [1.29, 1.82) is 0 Å². The highest BCUT2D eigenvalue weighted by Crippen LogP contribution is 2.32. The summed E-state index contributed by atoms with van der Waals surface area (Å²) in [6.45, 7) is 6.68. The Labute approximate surface area is 165 Å². The fourth-order valence-corrected chi connectivity index (χ4v) is 4.16. The molecule has 3 rings (SSSR count). The van der Waals surface area contributed by atoms with E-state index in [-0.39, 0.29) is 6.29 Å². The Balaban J connectivity index is 1.37. The Morgan fingerprint density at radius 1 is 0.963 bits per heavy atom. The number of rotatable bonds is 8. The van der Waals surface area contributed by atoms with Crippen LogP contribution >= 0.6 is 0 Å². The molecule has 1 aromatic rings. The lowest BCUT2D eigenvalue weighted by molar-refractivity contribution is -0.205. The Hall–Kier alpha value is -1.32. The summed E-state index contributed by atoms with van der Waals surface area (Å²) in [6.07, 6.45) is 13.7. The molecule has 1 aliphatic heterocycles. The van der Waals surface area contributed by atoms with Crippen LogP contribution in [0.4, 0.5) is 0 Å². The maximum Gasteiger partial charge on any atom is 0.183 e. The summed E-state index contributed by atoms with van der Waals surface area (Å²) in [4.78, 5) is 0. The average Bonchev–Trinajstić information content (AvgIpc) is 2.73. The standard InChI is InChI=1S/C24H36O3/c1-3-6-20-8-10-21(11-9-20)7-5-16-25-23-14-12-22(13-15-23)24-26-17-19(4-2)18-27-24/h5,7,12-15,19-21,24H,3-4,6,8-11,16-18H2,1-2H3/b7-5+. The van der Waals surface area contributed by atoms with Crippen LogP contribution < -0.4 is 4.74 Å². The van der Waals surface area contributed by atoms with E-state index in [1.807, 2.05) is 24.3 Å². The highest BCUT2D eigenvalue weighted by molar-refractivity contribution is 5.28. The van der Waals surface area contributed by atoms with Gasteiger partial charge >= 0.3 is 0 Å². The number of benzene rings is 1. The SMILES string of the molecule is CCCC1CCC(/C=C/COc2ccc(C3OCC(CC)CO3)cc2)CC1. The minimum absolute atomic E-state index is 0.232. The molecule has 150 valence electrons. The smallest absolute Gasteiger partial charge is 0.183 e. The van der Waals surface area contributed by atoms with Gasteiger partial charge in [0.05, 0.1) is 13.2 Å². The third-order valence-electron chi connectivity index (χ3n) is 6.04. The van der Waals surface area contributed by atoms with Crippen LogP contribution in [0.15, 0.2) is 36.4 Å². The van der Waals surface area contributed by atoms with Crippen molar-refractivity contribution in [2.45, 2.75) is 65.1 Å². The van der Waals surface area contributed by atoms with Crippen LogP contribution in [0.1, 0.15) is 70.6 Å². The summed E-state index contributed by atoms with van der Waals surface area (Å²) < 4.78 is 17.5. The molecule has 27 heavy (non-hydrogen) atoms. The Morgan fingerprint density at radius 2 is 1.67 bits per heavy atom. The summed E-state index contributed by atoms with van der Waals surface area (Å²) >= 11 is 0. The second-order valence-electron chi connectivity index (χ2n) is 8.15. The molecule has 1 heterocycles. The van der Waals surface area contributed by atoms with Crippen LogP contribution in [0.25, 0.3) is 0 Å². The zero-order chi connectivity index (χ0) is 18.9. The van der Waals surface area contributed by atoms with Crippen molar-refractivity contribution in [2.24, 2.45) is 17.8 Å². The van der Waals surface area contributed by atoms with E-state index in [1.165, 1.54) is 38.5 Å². The second kappa shape index (κ2) is 10.9. The maximum absolute atomic E-state index is 5.87. The summed E-state index contributed by atoms with van der Waals surface area (Å²) in [5.41, 5.74) is 1.07. The van der Waals surface area contributed by atoms with Gasteiger partial charge in [0.25, 0.3) is 0 Å². The molecular formula is C24H36O3. The van der Waals surface area contributed by atoms with Gasteiger partial charge in [0.2, 0.25) is 0 Å². The van der Waals surface area contributed by atoms with Crippen molar-refractivity contribution < 1.29 is 14.2 Å². The van der Waals surface area contributed by atoms with E-state index in [0.29, 0.717) is 12.5 Å². The summed E-state index contributed by atoms with van der Waals surface area (Å²) in [7, 11) is 0. The molecule has 2 aliphatic rings. The zero-order valence-electron chi connectivity index (χ0n) is 17.1. The summed E-state index contributed by atoms with van der Waals surface area (Å²) in [6, 6.07) is 8.12. The van der Waals surface area contributed by atoms with Gasteiger partial charge in [-0.1, -0.05) is 51.0 Å². The molecule has 0 N–H and O–H groups in total. The first-order valence-electron chi connectivity index (χ1n) is 10.9. The van der Waals surface area contributed by atoms with Gasteiger partial charge in [-0.3, -0.25) is 0 Å². The van der Waals surface area contributed by atoms with Gasteiger partial charge in [0.15, 0.2) is 6.29 Å². The number of allylic oxidation sites excluding steroid dienone is 1. The van der Waals surface area contributed by atoms with E-state index in [9.17, 15) is 0 Å². The quantitative estimate of drug-likeness (QED) is 0.501. The maximum atomic E-state index is 5.87. The van der Waals surface area contributed by atoms with Crippen LogP contribution in [0, 0.1) is 17.8 Å². The molecule has 0 aromatic heterocycles. The van der Waals surface area contributed by atoms with Crippen molar-refractivity contribution >= 4 is 0 Å². The molecule has 1 aromatic carbocycles. The Morgan fingerprint density at radius 3 is 2.30 bits per heavy atom. The van der Waals surface area contributed by atoms with E-state index in [0.717, 1.165) is 42.8 Å². The molecule has 0 atom stereocenters. The van der Waals surface area contributed by atoms with Crippen LogP contribution in [0.2, 0.25) is 0 Å². The summed E-state index contributed by atoms with van der Waals surface area (Å²) in [5, 5.41) is 0. The van der Waals surface area contributed by atoms with Gasteiger partial charge < -0.3 is 14.2 Å². The highest BCUT2D eigenvalue weighted by Gasteiger charge is 2.22. The fraction of sp³-hybridized carbons (Fsp3) is 0.667. The largest absolute Gasteiger partial charge is 0.490 e. The fourth-order valence-electron chi connectivity index (χ4n) is 4.16. The van der Waals surface area contributed by atoms with Crippen LogP contribution in [0.5, 0.6) is 5.75 Å². The van der Waals surface area contributed by atoms with Crippen molar-refractivity contribution in [3.05, 3.63) is 42.0 Å². The first-order chi connectivity index (χ1) is 13.3. The lowest BCUT2D eigenvalue weighted by Crippen LogP contribution is -2.26. The van der Waals surface area contributed by atoms with Crippen LogP contribution in [-0.2, 0) is 9.47 Å². The van der Waals surface area contributed by atoms with Crippen molar-refractivity contribution in [3.8, 4) is 5.75 Å². The molecule has 0 unspecified atom stereocenters. The third-order valence-corrected chi connectivity index (χ3v) is 6.04. The predicted octanol–water partition coefficient (Wildman–Crippen LogP) is 6.30. The molecule has 1 aliphatic carbocycles. The Kier molecular flexibility index (Phi) is 8.22. The number of ether oxygens (including phenoxy) is 3. The van der Waals surface area contributed by atoms with Crippen LogP contribution in [-0.4, -0.2) is 19.8 Å². The average molecular weight is 373 g/mol. The molecule has 3 heteroatoms. The topological polar surface area (TPSA) is 27.7 Å². The van der Waals surface area contributed by atoms with Gasteiger partial charge in [-0.15, -0.1) is 0 Å². The Bertz CT molecular complexity index is 549. The van der Waals surface area contributed by atoms with Crippen LogP contribution in [0.3, 0.4) is 0 Å². The molecular weight excluding hydrogens is 336 g/mol. The molecule has 1 saturated carbocycles. The number of hydrogen-bond donors (Lipinski definition) is 0. The van der Waals surface area contributed by atoms with E-state index in [1.54, 1.807) is 0 Å². The van der Waals surface area contributed by atoms with Crippen molar-refractivity contribution in [2.75, 3.05) is 19.8 Å². The summed E-state index contributed by atoms with van der Waals surface area (Å²) in [5.74, 6) is 3.14. The van der Waals surface area contributed by atoms with E-state index in [4.69, 9.17) is 14.2 Å². The lowest BCUT2D eigenvalue weighted by atomic mass is 9.80. The molecule has 0 bridgehead atoms. The first kappa shape index (κ1) is 20.4. The van der Waals surface area contributed by atoms with Crippen molar-refractivity contribution in [3.63, 3.8) is 0 Å². The van der Waals surface area contributed by atoms with E-state index in [2.05, 4.69) is 26.0 Å². The third kappa shape index (κ3) is 6.36. The lowest BCUT2D eigenvalue weighted by Gasteiger charge is -2.29.